The number of thiazole rings is 1. The molecule has 7 heteroatoms. The average molecular weight is 408 g/mol. The van der Waals surface area contributed by atoms with Gasteiger partial charge in [0.1, 0.15) is 10.8 Å². The van der Waals surface area contributed by atoms with Crippen molar-refractivity contribution in [3.05, 3.63) is 58.8 Å². The van der Waals surface area contributed by atoms with Gasteiger partial charge in [0, 0.05) is 42.6 Å². The van der Waals surface area contributed by atoms with Gasteiger partial charge in [-0.05, 0) is 49.9 Å². The number of anilines is 1. The van der Waals surface area contributed by atoms with Crippen molar-refractivity contribution in [3.63, 3.8) is 0 Å². The molecule has 1 N–H and O–H groups in total. The molecule has 1 amide bonds. The van der Waals surface area contributed by atoms with Gasteiger partial charge in [-0.25, -0.2) is 9.97 Å². The predicted octanol–water partition coefficient (Wildman–Crippen LogP) is 4.33. The number of carbonyl (C=O) groups is 1. The molecule has 0 saturated carbocycles. The molecule has 0 aliphatic carbocycles. The van der Waals surface area contributed by atoms with Crippen LogP contribution in [0.5, 0.6) is 0 Å². The van der Waals surface area contributed by atoms with Crippen molar-refractivity contribution < 1.29 is 4.79 Å². The van der Waals surface area contributed by atoms with Gasteiger partial charge in [0.2, 0.25) is 0 Å². The van der Waals surface area contributed by atoms with Gasteiger partial charge in [0.25, 0.3) is 5.91 Å². The average Bonchev–Trinajstić information content (AvgIpc) is 3.26. The van der Waals surface area contributed by atoms with Gasteiger partial charge in [-0.15, -0.1) is 11.3 Å². The molecule has 1 aliphatic heterocycles. The smallest absolute Gasteiger partial charge is 0.253 e. The molecule has 4 rings (SSSR count). The quantitative estimate of drug-likeness (QED) is 0.682. The lowest BCUT2D eigenvalue weighted by atomic mass is 9.99. The first-order chi connectivity index (χ1) is 14.1. The van der Waals surface area contributed by atoms with Crippen LogP contribution in [0.4, 0.5) is 5.82 Å². The third kappa shape index (κ3) is 4.62. The summed E-state index contributed by atoms with van der Waals surface area (Å²) in [6.45, 7) is 6.29. The number of piperidine rings is 1. The highest BCUT2D eigenvalue weighted by Crippen LogP contribution is 2.25. The third-order valence-corrected chi connectivity index (χ3v) is 6.34. The summed E-state index contributed by atoms with van der Waals surface area (Å²) in [7, 11) is 0. The van der Waals surface area contributed by atoms with Gasteiger partial charge in [-0.1, -0.05) is 6.92 Å². The van der Waals surface area contributed by atoms with E-state index in [4.69, 9.17) is 0 Å². The topological polar surface area (TPSA) is 71.0 Å². The number of nitrogens with one attached hydrogen (secondary N) is 1. The van der Waals surface area contributed by atoms with Gasteiger partial charge in [-0.2, -0.15) is 0 Å². The predicted molar refractivity (Wildman–Crippen MR) is 116 cm³/mol. The molecule has 0 spiro atoms. The fourth-order valence-corrected chi connectivity index (χ4v) is 4.26. The SMILES string of the molecule is CC1CCN(c2ccc(C(=O)NC(C)c3nc(-c4cccnc4)cs3)cn2)CC1. The van der Waals surface area contributed by atoms with Crippen LogP contribution in [-0.2, 0) is 0 Å². The normalized spacial score (nSPS) is 15.9. The lowest BCUT2D eigenvalue weighted by Crippen LogP contribution is -2.33. The van der Waals surface area contributed by atoms with Crippen molar-refractivity contribution in [1.82, 2.24) is 20.3 Å². The lowest BCUT2D eigenvalue weighted by molar-refractivity contribution is 0.0939. The summed E-state index contributed by atoms with van der Waals surface area (Å²) in [5, 5.41) is 5.88. The Morgan fingerprint density at radius 3 is 2.76 bits per heavy atom. The van der Waals surface area contributed by atoms with Crippen LogP contribution >= 0.6 is 11.3 Å². The van der Waals surface area contributed by atoms with E-state index in [1.165, 1.54) is 24.2 Å². The van der Waals surface area contributed by atoms with Crippen molar-refractivity contribution >= 4 is 23.1 Å². The molecule has 3 aromatic heterocycles. The van der Waals surface area contributed by atoms with E-state index in [1.54, 1.807) is 18.6 Å². The molecule has 1 fully saturated rings. The first-order valence-corrected chi connectivity index (χ1v) is 10.9. The molecule has 1 saturated heterocycles. The number of carbonyl (C=O) groups excluding carboxylic acids is 1. The molecule has 0 bridgehead atoms. The van der Waals surface area contributed by atoms with E-state index in [2.05, 4.69) is 32.1 Å². The van der Waals surface area contributed by atoms with E-state index >= 15 is 0 Å². The molecular weight excluding hydrogens is 382 g/mol. The molecule has 3 aromatic rings. The minimum absolute atomic E-state index is 0.137. The minimum atomic E-state index is -0.179. The largest absolute Gasteiger partial charge is 0.357 e. The highest BCUT2D eigenvalue weighted by atomic mass is 32.1. The first-order valence-electron chi connectivity index (χ1n) is 9.98. The Kier molecular flexibility index (Phi) is 5.85. The van der Waals surface area contributed by atoms with Crippen LogP contribution in [0.3, 0.4) is 0 Å². The molecule has 1 aliphatic rings. The Balaban J connectivity index is 1.38. The highest BCUT2D eigenvalue weighted by molar-refractivity contribution is 7.10. The fraction of sp³-hybridized carbons (Fsp3) is 0.364. The van der Waals surface area contributed by atoms with Gasteiger partial charge >= 0.3 is 0 Å². The monoisotopic (exact) mass is 407 g/mol. The summed E-state index contributed by atoms with van der Waals surface area (Å²) in [6.07, 6.45) is 7.58. The van der Waals surface area contributed by atoms with E-state index < -0.39 is 0 Å². The number of amides is 1. The Labute approximate surface area is 175 Å². The van der Waals surface area contributed by atoms with Crippen molar-refractivity contribution in [2.75, 3.05) is 18.0 Å². The van der Waals surface area contributed by atoms with E-state index in [1.807, 2.05) is 36.6 Å². The number of hydrogen-bond acceptors (Lipinski definition) is 6. The maximum Gasteiger partial charge on any atom is 0.253 e. The zero-order valence-corrected chi connectivity index (χ0v) is 17.5. The molecule has 0 radical (unpaired) electrons. The molecule has 29 heavy (non-hydrogen) atoms. The number of hydrogen-bond donors (Lipinski definition) is 1. The molecule has 4 heterocycles. The second-order valence-corrected chi connectivity index (χ2v) is 8.47. The van der Waals surface area contributed by atoms with Crippen LogP contribution in [0, 0.1) is 5.92 Å². The molecular formula is C22H25N5OS. The zero-order chi connectivity index (χ0) is 20.2. The van der Waals surface area contributed by atoms with E-state index in [9.17, 15) is 4.79 Å². The first kappa shape index (κ1) is 19.5. The Morgan fingerprint density at radius 2 is 2.07 bits per heavy atom. The fourth-order valence-electron chi connectivity index (χ4n) is 3.42. The van der Waals surface area contributed by atoms with Crippen LogP contribution in [0.25, 0.3) is 11.3 Å². The second-order valence-electron chi connectivity index (χ2n) is 7.58. The summed E-state index contributed by atoms with van der Waals surface area (Å²) in [5.74, 6) is 1.59. The van der Waals surface area contributed by atoms with E-state index in [-0.39, 0.29) is 11.9 Å². The van der Waals surface area contributed by atoms with E-state index in [0.29, 0.717) is 5.56 Å². The Morgan fingerprint density at radius 1 is 1.24 bits per heavy atom. The molecule has 6 nitrogen and oxygen atoms in total. The van der Waals surface area contributed by atoms with Crippen molar-refractivity contribution in [1.29, 1.82) is 0 Å². The van der Waals surface area contributed by atoms with Crippen LogP contribution in [0.1, 0.15) is 48.1 Å². The van der Waals surface area contributed by atoms with Crippen molar-refractivity contribution in [2.24, 2.45) is 5.92 Å². The number of nitrogens with zero attached hydrogens (tertiary/aromatic N) is 4. The number of pyridine rings is 2. The van der Waals surface area contributed by atoms with Gasteiger partial charge in [0.05, 0.1) is 17.3 Å². The van der Waals surface area contributed by atoms with Gasteiger partial charge in [0.15, 0.2) is 0 Å². The van der Waals surface area contributed by atoms with Crippen LogP contribution in [0.2, 0.25) is 0 Å². The summed E-state index contributed by atoms with van der Waals surface area (Å²) in [5.41, 5.74) is 2.41. The van der Waals surface area contributed by atoms with Crippen LogP contribution in [0.15, 0.2) is 48.2 Å². The van der Waals surface area contributed by atoms with Crippen molar-refractivity contribution in [3.8, 4) is 11.3 Å². The lowest BCUT2D eigenvalue weighted by Gasteiger charge is -2.31. The van der Waals surface area contributed by atoms with Crippen molar-refractivity contribution in [2.45, 2.75) is 32.7 Å². The minimum Gasteiger partial charge on any atom is -0.357 e. The Hall–Kier alpha value is -2.80. The second kappa shape index (κ2) is 8.69. The number of aromatic nitrogens is 3. The van der Waals surface area contributed by atoms with Gasteiger partial charge in [-0.3, -0.25) is 9.78 Å². The third-order valence-electron chi connectivity index (χ3n) is 5.31. The summed E-state index contributed by atoms with van der Waals surface area (Å²) >= 11 is 1.54. The Bertz CT molecular complexity index is 949. The van der Waals surface area contributed by atoms with Crippen LogP contribution in [-0.4, -0.2) is 33.9 Å². The highest BCUT2D eigenvalue weighted by Gasteiger charge is 2.18. The summed E-state index contributed by atoms with van der Waals surface area (Å²) in [6, 6.07) is 7.48. The summed E-state index contributed by atoms with van der Waals surface area (Å²) in [4.78, 5) is 28.2. The van der Waals surface area contributed by atoms with E-state index in [0.717, 1.165) is 41.1 Å². The van der Waals surface area contributed by atoms with Crippen LogP contribution < -0.4 is 10.2 Å². The molecule has 150 valence electrons. The molecule has 1 unspecified atom stereocenters. The standard InChI is InChI=1S/C22H25N5OS/c1-15-7-10-27(11-8-15)20-6-5-18(13-24-20)21(28)25-16(2)22-26-19(14-29-22)17-4-3-9-23-12-17/h3-6,9,12-16H,7-8,10-11H2,1-2H3,(H,25,28). The molecule has 0 aromatic carbocycles. The maximum atomic E-state index is 12.6. The maximum absolute atomic E-state index is 12.6. The molecule has 1 atom stereocenters. The number of rotatable bonds is 5. The van der Waals surface area contributed by atoms with Gasteiger partial charge < -0.3 is 10.2 Å². The summed E-state index contributed by atoms with van der Waals surface area (Å²) < 4.78 is 0. The zero-order valence-electron chi connectivity index (χ0n) is 16.7.